The highest BCUT2D eigenvalue weighted by molar-refractivity contribution is 5.85. The van der Waals surface area contributed by atoms with Crippen LogP contribution < -0.4 is 4.74 Å². The molecule has 4 aromatic rings. The highest BCUT2D eigenvalue weighted by Crippen LogP contribution is 2.23. The molecule has 5 rings (SSSR count). The normalized spacial score (nSPS) is 15.4. The minimum Gasteiger partial charge on any atom is -0.497 e. The molecule has 0 amide bonds. The topological polar surface area (TPSA) is 54.6 Å². The zero-order chi connectivity index (χ0) is 21.0. The van der Waals surface area contributed by atoms with Crippen LogP contribution >= 0.6 is 0 Å². The molecule has 6 heteroatoms. The van der Waals surface area contributed by atoms with Gasteiger partial charge in [-0.1, -0.05) is 59.8 Å². The van der Waals surface area contributed by atoms with Crippen LogP contribution in [0.25, 0.3) is 22.2 Å². The number of nitrogens with zero attached hydrogens (tertiary/aromatic N) is 4. The number of ether oxygens (including phenoxy) is 1. The lowest BCUT2D eigenvalue weighted by atomic mass is 10.0. The molecule has 0 aliphatic carbocycles. The second-order valence-electron chi connectivity index (χ2n) is 7.93. The van der Waals surface area contributed by atoms with Crippen LogP contribution in [0.4, 0.5) is 0 Å². The second-order valence-corrected chi connectivity index (χ2v) is 7.93. The molecule has 1 fully saturated rings. The van der Waals surface area contributed by atoms with E-state index in [4.69, 9.17) is 9.26 Å². The first-order chi connectivity index (χ1) is 15.3. The first-order valence-corrected chi connectivity index (χ1v) is 10.7. The summed E-state index contributed by atoms with van der Waals surface area (Å²) in [5.74, 6) is 2.04. The molecular weight excluding hydrogens is 388 g/mol. The first kappa shape index (κ1) is 19.7. The summed E-state index contributed by atoms with van der Waals surface area (Å²) in [5.41, 5.74) is 2.29. The van der Waals surface area contributed by atoms with Crippen LogP contribution in [-0.2, 0) is 13.1 Å². The highest BCUT2D eigenvalue weighted by atomic mass is 16.5. The maximum Gasteiger partial charge on any atom is 0.241 e. The Labute approximate surface area is 182 Å². The SMILES string of the molecule is COc1cccc(-c2noc(CN3CCN(Cc4cccc5ccccc45)CC3)n2)c1. The van der Waals surface area contributed by atoms with E-state index < -0.39 is 0 Å². The lowest BCUT2D eigenvalue weighted by Crippen LogP contribution is -2.45. The average molecular weight is 415 g/mol. The Morgan fingerprint density at radius 1 is 0.871 bits per heavy atom. The number of hydrogen-bond acceptors (Lipinski definition) is 6. The third-order valence-electron chi connectivity index (χ3n) is 5.89. The Kier molecular flexibility index (Phi) is 5.65. The third-order valence-corrected chi connectivity index (χ3v) is 5.89. The number of methoxy groups -OCH3 is 1. The van der Waals surface area contributed by atoms with Crippen LogP contribution in [0, 0.1) is 0 Å². The second kappa shape index (κ2) is 8.88. The fourth-order valence-electron chi connectivity index (χ4n) is 4.17. The Bertz CT molecular complexity index is 1160. The van der Waals surface area contributed by atoms with Crippen molar-refractivity contribution in [3.8, 4) is 17.1 Å². The van der Waals surface area contributed by atoms with Gasteiger partial charge in [-0.3, -0.25) is 9.80 Å². The number of aromatic nitrogens is 2. The van der Waals surface area contributed by atoms with E-state index >= 15 is 0 Å². The van der Waals surface area contributed by atoms with E-state index in [2.05, 4.69) is 62.4 Å². The van der Waals surface area contributed by atoms with Crippen LogP contribution in [0.3, 0.4) is 0 Å². The Morgan fingerprint density at radius 2 is 1.61 bits per heavy atom. The van der Waals surface area contributed by atoms with Crippen molar-refractivity contribution in [1.29, 1.82) is 0 Å². The molecule has 0 atom stereocenters. The molecular formula is C25H26N4O2. The Morgan fingerprint density at radius 3 is 2.45 bits per heavy atom. The van der Waals surface area contributed by atoms with Crippen molar-refractivity contribution >= 4 is 10.8 Å². The summed E-state index contributed by atoms with van der Waals surface area (Å²) in [6.07, 6.45) is 0. The fraction of sp³-hybridized carbons (Fsp3) is 0.280. The molecule has 1 aliphatic rings. The summed E-state index contributed by atoms with van der Waals surface area (Å²) in [7, 11) is 1.65. The van der Waals surface area contributed by atoms with Crippen molar-refractivity contribution in [3.63, 3.8) is 0 Å². The quantitative estimate of drug-likeness (QED) is 0.471. The van der Waals surface area contributed by atoms with E-state index in [-0.39, 0.29) is 0 Å². The molecule has 0 radical (unpaired) electrons. The van der Waals surface area contributed by atoms with Crippen LogP contribution in [0.2, 0.25) is 0 Å². The number of rotatable bonds is 6. The summed E-state index contributed by atoms with van der Waals surface area (Å²) in [6, 6.07) is 22.9. The van der Waals surface area contributed by atoms with Gasteiger partial charge in [0.25, 0.3) is 0 Å². The first-order valence-electron chi connectivity index (χ1n) is 10.7. The Balaban J connectivity index is 1.18. The van der Waals surface area contributed by atoms with Gasteiger partial charge in [0.2, 0.25) is 11.7 Å². The predicted octanol–water partition coefficient (Wildman–Crippen LogP) is 4.22. The summed E-state index contributed by atoms with van der Waals surface area (Å²) in [6.45, 7) is 5.69. The number of benzene rings is 3. The van der Waals surface area contributed by atoms with E-state index in [9.17, 15) is 0 Å². The van der Waals surface area contributed by atoms with E-state index in [1.807, 2.05) is 24.3 Å². The smallest absolute Gasteiger partial charge is 0.241 e. The van der Waals surface area contributed by atoms with Gasteiger partial charge in [0.1, 0.15) is 5.75 Å². The third kappa shape index (κ3) is 4.45. The van der Waals surface area contributed by atoms with Gasteiger partial charge in [-0.25, -0.2) is 0 Å². The summed E-state index contributed by atoms with van der Waals surface area (Å²) < 4.78 is 10.8. The van der Waals surface area contributed by atoms with Crippen LogP contribution in [0.1, 0.15) is 11.5 Å². The maximum atomic E-state index is 5.51. The Hall–Kier alpha value is -3.22. The lowest BCUT2D eigenvalue weighted by molar-refractivity contribution is 0.112. The standard InChI is InChI=1S/C25H26N4O2/c1-30-22-10-5-8-20(16-22)25-26-24(31-27-25)18-29-14-12-28(13-15-29)17-21-9-4-7-19-6-2-3-11-23(19)21/h2-11,16H,12-15,17-18H2,1H3. The average Bonchev–Trinajstić information content (AvgIpc) is 3.29. The predicted molar refractivity (Wildman–Crippen MR) is 121 cm³/mol. The summed E-state index contributed by atoms with van der Waals surface area (Å²) >= 11 is 0. The number of piperazine rings is 1. The van der Waals surface area contributed by atoms with Gasteiger partial charge < -0.3 is 9.26 Å². The van der Waals surface area contributed by atoms with Crippen molar-refractivity contribution in [2.24, 2.45) is 0 Å². The highest BCUT2D eigenvalue weighted by Gasteiger charge is 2.20. The van der Waals surface area contributed by atoms with Crippen molar-refractivity contribution < 1.29 is 9.26 Å². The van der Waals surface area contributed by atoms with Gasteiger partial charge in [-0.2, -0.15) is 4.98 Å². The molecule has 6 nitrogen and oxygen atoms in total. The molecule has 0 unspecified atom stereocenters. The van der Waals surface area contributed by atoms with Gasteiger partial charge in [0.15, 0.2) is 0 Å². The van der Waals surface area contributed by atoms with Gasteiger partial charge in [0, 0.05) is 38.3 Å². The van der Waals surface area contributed by atoms with Crippen LogP contribution in [0.5, 0.6) is 5.75 Å². The van der Waals surface area contributed by atoms with Gasteiger partial charge >= 0.3 is 0 Å². The molecule has 158 valence electrons. The monoisotopic (exact) mass is 414 g/mol. The molecule has 1 aromatic heterocycles. The van der Waals surface area contributed by atoms with Gasteiger partial charge in [0.05, 0.1) is 13.7 Å². The maximum absolute atomic E-state index is 5.51. The van der Waals surface area contributed by atoms with Crippen molar-refractivity contribution in [2.75, 3.05) is 33.3 Å². The minimum absolute atomic E-state index is 0.600. The van der Waals surface area contributed by atoms with Crippen LogP contribution in [-0.4, -0.2) is 53.2 Å². The molecule has 3 aromatic carbocycles. The lowest BCUT2D eigenvalue weighted by Gasteiger charge is -2.34. The summed E-state index contributed by atoms with van der Waals surface area (Å²) in [5, 5.41) is 6.81. The van der Waals surface area contributed by atoms with Crippen LogP contribution in [0.15, 0.2) is 71.3 Å². The number of hydrogen-bond donors (Lipinski definition) is 0. The molecule has 1 aliphatic heterocycles. The molecule has 0 spiro atoms. The van der Waals surface area contributed by atoms with Crippen molar-refractivity contribution in [3.05, 3.63) is 78.2 Å². The molecule has 0 saturated carbocycles. The van der Waals surface area contributed by atoms with Crippen molar-refractivity contribution in [2.45, 2.75) is 13.1 Å². The van der Waals surface area contributed by atoms with E-state index in [1.165, 1.54) is 16.3 Å². The molecule has 1 saturated heterocycles. The van der Waals surface area contributed by atoms with E-state index in [0.717, 1.165) is 44.0 Å². The fourth-order valence-corrected chi connectivity index (χ4v) is 4.17. The minimum atomic E-state index is 0.600. The molecule has 0 N–H and O–H groups in total. The zero-order valence-electron chi connectivity index (χ0n) is 17.7. The van der Waals surface area contributed by atoms with E-state index in [1.54, 1.807) is 7.11 Å². The zero-order valence-corrected chi connectivity index (χ0v) is 17.7. The van der Waals surface area contributed by atoms with Gasteiger partial charge in [-0.05, 0) is 28.5 Å². The number of fused-ring (bicyclic) bond motifs is 1. The molecule has 0 bridgehead atoms. The largest absolute Gasteiger partial charge is 0.497 e. The molecule has 2 heterocycles. The molecule has 31 heavy (non-hydrogen) atoms. The van der Waals surface area contributed by atoms with Gasteiger partial charge in [-0.15, -0.1) is 0 Å². The van der Waals surface area contributed by atoms with E-state index in [0.29, 0.717) is 18.3 Å². The summed E-state index contributed by atoms with van der Waals surface area (Å²) in [4.78, 5) is 9.48. The van der Waals surface area contributed by atoms with Crippen molar-refractivity contribution in [1.82, 2.24) is 19.9 Å².